The quantitative estimate of drug-likeness (QED) is 0.797. The van der Waals surface area contributed by atoms with Gasteiger partial charge in [0, 0.05) is 38.8 Å². The second kappa shape index (κ2) is 9.76. The number of likely N-dealkylation sites (tertiary alicyclic amines) is 2. The predicted molar refractivity (Wildman–Crippen MR) is 113 cm³/mol. The number of carbonyl (C=O) groups is 2. The molecule has 3 heterocycles. The van der Waals surface area contributed by atoms with Crippen LogP contribution in [0.4, 0.5) is 9.18 Å². The number of halogens is 1. The highest BCUT2D eigenvalue weighted by Gasteiger charge is 2.30. The molecule has 0 aliphatic carbocycles. The lowest BCUT2D eigenvalue weighted by Crippen LogP contribution is -2.39. The van der Waals surface area contributed by atoms with Crippen molar-refractivity contribution < 1.29 is 18.7 Å². The number of aromatic nitrogens is 1. The maximum absolute atomic E-state index is 13.0. The van der Waals surface area contributed by atoms with E-state index in [1.54, 1.807) is 35.4 Å². The maximum Gasteiger partial charge on any atom is 0.317 e. The van der Waals surface area contributed by atoms with E-state index in [2.05, 4.69) is 10.3 Å². The second-order valence-corrected chi connectivity index (χ2v) is 7.97. The summed E-state index contributed by atoms with van der Waals surface area (Å²) in [5, 5.41) is 2.85. The molecule has 4 rings (SSSR count). The van der Waals surface area contributed by atoms with Crippen LogP contribution in [0.3, 0.4) is 0 Å². The number of amides is 3. The lowest BCUT2D eigenvalue weighted by atomic mass is 10.1. The highest BCUT2D eigenvalue weighted by atomic mass is 19.1. The fraction of sp³-hybridized carbons (Fsp3) is 0.435. The Labute approximate surface area is 181 Å². The summed E-state index contributed by atoms with van der Waals surface area (Å²) >= 11 is 0. The molecule has 1 atom stereocenters. The third kappa shape index (κ3) is 5.31. The first-order valence-corrected chi connectivity index (χ1v) is 10.8. The van der Waals surface area contributed by atoms with E-state index in [-0.39, 0.29) is 23.9 Å². The van der Waals surface area contributed by atoms with Crippen LogP contribution in [0.25, 0.3) is 0 Å². The molecule has 1 unspecified atom stereocenters. The van der Waals surface area contributed by atoms with Gasteiger partial charge in [-0.2, -0.15) is 0 Å². The van der Waals surface area contributed by atoms with Crippen LogP contribution < -0.4 is 10.1 Å². The Morgan fingerprint density at radius 3 is 2.61 bits per heavy atom. The lowest BCUT2D eigenvalue weighted by molar-refractivity contribution is 0.0715. The van der Waals surface area contributed by atoms with Crippen molar-refractivity contribution in [2.45, 2.75) is 38.3 Å². The van der Waals surface area contributed by atoms with E-state index in [1.807, 2.05) is 4.90 Å². The SMILES string of the molecule is O=C(NCc1ccc(F)cc1)N1CCC(Oc2ncccc2C(=O)N2CCCCC2)C1. The van der Waals surface area contributed by atoms with Crippen molar-refractivity contribution in [1.29, 1.82) is 0 Å². The van der Waals surface area contributed by atoms with Gasteiger partial charge in [0.1, 0.15) is 17.5 Å². The zero-order chi connectivity index (χ0) is 21.6. The van der Waals surface area contributed by atoms with E-state index >= 15 is 0 Å². The topological polar surface area (TPSA) is 74.8 Å². The molecular weight excluding hydrogens is 399 g/mol. The number of ether oxygens (including phenoxy) is 1. The van der Waals surface area contributed by atoms with Crippen LogP contribution in [0.2, 0.25) is 0 Å². The van der Waals surface area contributed by atoms with Crippen LogP contribution in [0.5, 0.6) is 5.88 Å². The fourth-order valence-corrected chi connectivity index (χ4v) is 3.97. The van der Waals surface area contributed by atoms with Crippen molar-refractivity contribution in [2.24, 2.45) is 0 Å². The van der Waals surface area contributed by atoms with E-state index in [9.17, 15) is 14.0 Å². The second-order valence-electron chi connectivity index (χ2n) is 7.97. The highest BCUT2D eigenvalue weighted by Crippen LogP contribution is 2.23. The predicted octanol–water partition coefficient (Wildman–Crippen LogP) is 3.21. The van der Waals surface area contributed by atoms with Crippen molar-refractivity contribution in [1.82, 2.24) is 20.1 Å². The number of carbonyl (C=O) groups excluding carboxylic acids is 2. The molecule has 3 amide bonds. The molecule has 2 aromatic rings. The van der Waals surface area contributed by atoms with Gasteiger partial charge in [-0.1, -0.05) is 12.1 Å². The monoisotopic (exact) mass is 426 g/mol. The van der Waals surface area contributed by atoms with Gasteiger partial charge in [0.05, 0.1) is 6.54 Å². The zero-order valence-corrected chi connectivity index (χ0v) is 17.4. The van der Waals surface area contributed by atoms with Gasteiger partial charge in [-0.05, 0) is 49.1 Å². The summed E-state index contributed by atoms with van der Waals surface area (Å²) in [7, 11) is 0. The Morgan fingerprint density at radius 1 is 1.06 bits per heavy atom. The van der Waals surface area contributed by atoms with Crippen LogP contribution >= 0.6 is 0 Å². The van der Waals surface area contributed by atoms with Crippen LogP contribution in [-0.2, 0) is 6.54 Å². The number of hydrogen-bond donors (Lipinski definition) is 1. The molecule has 1 aromatic heterocycles. The number of benzene rings is 1. The molecule has 7 nitrogen and oxygen atoms in total. The Bertz CT molecular complexity index is 915. The summed E-state index contributed by atoms with van der Waals surface area (Å²) in [4.78, 5) is 33.2. The number of hydrogen-bond acceptors (Lipinski definition) is 4. The normalized spacial score (nSPS) is 18.7. The van der Waals surface area contributed by atoms with Gasteiger partial charge in [-0.3, -0.25) is 4.79 Å². The minimum atomic E-state index is -0.303. The Hall–Kier alpha value is -3.16. The summed E-state index contributed by atoms with van der Waals surface area (Å²) in [5.74, 6) is -0.0198. The summed E-state index contributed by atoms with van der Waals surface area (Å²) in [6.07, 6.45) is 5.25. The molecular formula is C23H27FN4O3. The number of urea groups is 1. The van der Waals surface area contributed by atoms with E-state index in [1.165, 1.54) is 12.1 Å². The largest absolute Gasteiger partial charge is 0.472 e. The molecule has 1 aromatic carbocycles. The fourth-order valence-electron chi connectivity index (χ4n) is 3.97. The Kier molecular flexibility index (Phi) is 6.64. The van der Waals surface area contributed by atoms with Crippen molar-refractivity contribution in [3.63, 3.8) is 0 Å². The summed E-state index contributed by atoms with van der Waals surface area (Å²) in [6.45, 7) is 2.83. The van der Waals surface area contributed by atoms with Crippen LogP contribution in [-0.4, -0.2) is 59.0 Å². The maximum atomic E-state index is 13.0. The highest BCUT2D eigenvalue weighted by molar-refractivity contribution is 5.96. The zero-order valence-electron chi connectivity index (χ0n) is 17.4. The molecule has 164 valence electrons. The van der Waals surface area contributed by atoms with Crippen LogP contribution in [0, 0.1) is 5.82 Å². The summed E-state index contributed by atoms with van der Waals surface area (Å²) < 4.78 is 19.1. The van der Waals surface area contributed by atoms with E-state index in [4.69, 9.17) is 4.74 Å². The van der Waals surface area contributed by atoms with Gasteiger partial charge in [-0.25, -0.2) is 14.2 Å². The molecule has 0 spiro atoms. The Balaban J connectivity index is 1.32. The molecule has 2 aliphatic heterocycles. The number of rotatable bonds is 5. The molecule has 0 saturated carbocycles. The van der Waals surface area contributed by atoms with Crippen molar-refractivity contribution in [3.05, 3.63) is 59.5 Å². The molecule has 2 aliphatic rings. The van der Waals surface area contributed by atoms with E-state index < -0.39 is 0 Å². The molecule has 0 bridgehead atoms. The Morgan fingerprint density at radius 2 is 1.84 bits per heavy atom. The first-order chi connectivity index (χ1) is 15.1. The average Bonchev–Trinajstić information content (AvgIpc) is 3.28. The summed E-state index contributed by atoms with van der Waals surface area (Å²) in [5.41, 5.74) is 1.31. The van der Waals surface area contributed by atoms with E-state index in [0.717, 1.165) is 37.9 Å². The van der Waals surface area contributed by atoms with Gasteiger partial charge >= 0.3 is 6.03 Å². The third-order valence-electron chi connectivity index (χ3n) is 5.71. The lowest BCUT2D eigenvalue weighted by Gasteiger charge is -2.27. The van der Waals surface area contributed by atoms with E-state index in [0.29, 0.717) is 37.5 Å². The average molecular weight is 426 g/mol. The molecule has 8 heteroatoms. The van der Waals surface area contributed by atoms with Gasteiger partial charge in [0.2, 0.25) is 5.88 Å². The van der Waals surface area contributed by atoms with Crippen LogP contribution in [0.15, 0.2) is 42.6 Å². The molecule has 0 radical (unpaired) electrons. The van der Waals surface area contributed by atoms with Crippen molar-refractivity contribution >= 4 is 11.9 Å². The van der Waals surface area contributed by atoms with Crippen molar-refractivity contribution in [2.75, 3.05) is 26.2 Å². The van der Waals surface area contributed by atoms with Gasteiger partial charge in [0.25, 0.3) is 5.91 Å². The van der Waals surface area contributed by atoms with Crippen molar-refractivity contribution in [3.8, 4) is 5.88 Å². The molecule has 2 saturated heterocycles. The first kappa shape index (κ1) is 21.1. The minimum absolute atomic E-state index is 0.0466. The van der Waals surface area contributed by atoms with Gasteiger partial charge < -0.3 is 19.9 Å². The number of nitrogens with zero attached hydrogens (tertiary/aromatic N) is 3. The number of nitrogens with one attached hydrogen (secondary N) is 1. The smallest absolute Gasteiger partial charge is 0.317 e. The molecule has 2 fully saturated rings. The van der Waals surface area contributed by atoms with Gasteiger partial charge in [-0.15, -0.1) is 0 Å². The van der Waals surface area contributed by atoms with Gasteiger partial charge in [0.15, 0.2) is 0 Å². The first-order valence-electron chi connectivity index (χ1n) is 10.8. The number of piperidine rings is 1. The molecule has 31 heavy (non-hydrogen) atoms. The number of pyridine rings is 1. The van der Waals surface area contributed by atoms with Crippen LogP contribution in [0.1, 0.15) is 41.6 Å². The standard InChI is InChI=1S/C23H27FN4O3/c24-18-8-6-17(7-9-18)15-26-23(30)28-14-10-19(16-28)31-21-20(5-4-11-25-21)22(29)27-12-2-1-3-13-27/h4-9,11,19H,1-3,10,12-16H2,(H,26,30). The third-order valence-corrected chi connectivity index (χ3v) is 5.71. The summed E-state index contributed by atoms with van der Waals surface area (Å²) in [6, 6.07) is 9.34. The minimum Gasteiger partial charge on any atom is -0.472 e. The molecule has 1 N–H and O–H groups in total.